The summed E-state index contributed by atoms with van der Waals surface area (Å²) < 4.78 is 55.3. The lowest BCUT2D eigenvalue weighted by Gasteiger charge is -2.42. The fourth-order valence-corrected chi connectivity index (χ4v) is 3.37. The number of hydrogen-bond acceptors (Lipinski definition) is 1. The summed E-state index contributed by atoms with van der Waals surface area (Å²) in [7, 11) is 0. The van der Waals surface area contributed by atoms with Crippen molar-refractivity contribution >= 4 is 5.91 Å². The van der Waals surface area contributed by atoms with Crippen LogP contribution >= 0.6 is 0 Å². The van der Waals surface area contributed by atoms with Crippen molar-refractivity contribution in [1.29, 1.82) is 0 Å². The van der Waals surface area contributed by atoms with Crippen LogP contribution in [-0.4, -0.2) is 23.4 Å². The highest BCUT2D eigenvalue weighted by atomic mass is 19.2. The van der Waals surface area contributed by atoms with Gasteiger partial charge in [0.1, 0.15) is 0 Å². The Bertz CT molecular complexity index is 605. The summed E-state index contributed by atoms with van der Waals surface area (Å²) in [5.41, 5.74) is -0.616. The number of allylic oxidation sites excluding steroid dienone is 1. The Morgan fingerprint density at radius 3 is 2.30 bits per heavy atom. The molecule has 1 aliphatic rings. The summed E-state index contributed by atoms with van der Waals surface area (Å²) in [6.45, 7) is 7.32. The Morgan fingerprint density at radius 2 is 1.83 bits per heavy atom. The Kier molecular flexibility index (Phi) is 5.12. The topological polar surface area (TPSA) is 20.3 Å². The van der Waals surface area contributed by atoms with E-state index in [1.54, 1.807) is 19.9 Å². The normalized spacial score (nSPS) is 24.9. The van der Waals surface area contributed by atoms with Crippen LogP contribution in [0.3, 0.4) is 0 Å². The van der Waals surface area contributed by atoms with Gasteiger partial charge in [0.05, 0.1) is 0 Å². The molecular formula is C17H19F4NO. The fourth-order valence-electron chi connectivity index (χ4n) is 3.37. The van der Waals surface area contributed by atoms with Crippen molar-refractivity contribution < 1.29 is 22.4 Å². The van der Waals surface area contributed by atoms with E-state index in [0.29, 0.717) is 13.0 Å². The molecule has 2 rings (SSSR count). The van der Waals surface area contributed by atoms with E-state index < -0.39 is 46.7 Å². The molecule has 1 aromatic rings. The van der Waals surface area contributed by atoms with Gasteiger partial charge in [0.15, 0.2) is 23.3 Å². The molecule has 1 heterocycles. The van der Waals surface area contributed by atoms with Crippen LogP contribution in [0.4, 0.5) is 17.6 Å². The average molecular weight is 329 g/mol. The molecule has 0 bridgehead atoms. The van der Waals surface area contributed by atoms with Gasteiger partial charge in [-0.15, -0.1) is 6.58 Å². The highest BCUT2D eigenvalue weighted by Gasteiger charge is 2.41. The van der Waals surface area contributed by atoms with E-state index in [0.717, 1.165) is 0 Å². The third kappa shape index (κ3) is 2.99. The van der Waals surface area contributed by atoms with E-state index in [4.69, 9.17) is 0 Å². The quantitative estimate of drug-likeness (QED) is 0.461. The number of rotatable bonds is 4. The number of amides is 1. The van der Waals surface area contributed by atoms with Gasteiger partial charge in [0.25, 0.3) is 0 Å². The first-order chi connectivity index (χ1) is 10.8. The van der Waals surface area contributed by atoms with Crippen LogP contribution in [0.15, 0.2) is 18.7 Å². The molecule has 6 heteroatoms. The number of carbonyl (C=O) groups excluding carboxylic acids is 1. The second kappa shape index (κ2) is 6.72. The number of hydrogen-bond donors (Lipinski definition) is 0. The average Bonchev–Trinajstić information content (AvgIpc) is 2.50. The third-order valence-corrected chi connectivity index (χ3v) is 4.55. The Morgan fingerprint density at radius 1 is 1.26 bits per heavy atom. The number of piperidine rings is 1. The van der Waals surface area contributed by atoms with Crippen LogP contribution in [0.2, 0.25) is 0 Å². The van der Waals surface area contributed by atoms with Gasteiger partial charge < -0.3 is 4.90 Å². The molecule has 0 spiro atoms. The van der Waals surface area contributed by atoms with Crippen LogP contribution in [0.25, 0.3) is 0 Å². The van der Waals surface area contributed by atoms with Crippen LogP contribution in [-0.2, 0) is 4.79 Å². The van der Waals surface area contributed by atoms with E-state index in [1.165, 1.54) is 4.90 Å². The number of halogens is 4. The zero-order chi connectivity index (χ0) is 17.3. The van der Waals surface area contributed by atoms with Gasteiger partial charge in [0.2, 0.25) is 5.91 Å². The number of likely N-dealkylation sites (N-methyl/N-ethyl adjacent to an activating group) is 1. The van der Waals surface area contributed by atoms with E-state index in [9.17, 15) is 22.4 Å². The van der Waals surface area contributed by atoms with E-state index in [1.807, 2.05) is 0 Å². The summed E-state index contributed by atoms with van der Waals surface area (Å²) in [6, 6.07) is -0.357. The monoisotopic (exact) mass is 329 g/mol. The molecule has 0 saturated carbocycles. The van der Waals surface area contributed by atoms with Crippen LogP contribution in [0.5, 0.6) is 0 Å². The number of likely N-dealkylation sites (tertiary alicyclic amines) is 1. The van der Waals surface area contributed by atoms with Crippen molar-refractivity contribution in [2.45, 2.75) is 38.6 Å². The fraction of sp³-hybridized carbons (Fsp3) is 0.471. The predicted octanol–water partition coefficient (Wildman–Crippen LogP) is 4.16. The zero-order valence-electron chi connectivity index (χ0n) is 13.1. The lowest BCUT2D eigenvalue weighted by Crippen LogP contribution is -2.50. The minimum absolute atomic E-state index is 0.124. The maximum Gasteiger partial charge on any atom is 0.226 e. The maximum absolute atomic E-state index is 14.1. The molecule has 0 aliphatic carbocycles. The Hall–Kier alpha value is -1.85. The molecule has 1 saturated heterocycles. The Labute approximate surface area is 132 Å². The van der Waals surface area contributed by atoms with Crippen LogP contribution < -0.4 is 0 Å². The van der Waals surface area contributed by atoms with E-state index >= 15 is 0 Å². The predicted molar refractivity (Wildman–Crippen MR) is 78.8 cm³/mol. The first kappa shape index (κ1) is 17.5. The minimum atomic E-state index is -1.42. The smallest absolute Gasteiger partial charge is 0.226 e. The number of benzene rings is 1. The molecule has 2 nitrogen and oxygen atoms in total. The van der Waals surface area contributed by atoms with Gasteiger partial charge >= 0.3 is 0 Å². The lowest BCUT2D eigenvalue weighted by molar-refractivity contribution is -0.142. The summed E-state index contributed by atoms with van der Waals surface area (Å²) >= 11 is 0. The van der Waals surface area contributed by atoms with Crippen molar-refractivity contribution in [3.8, 4) is 0 Å². The summed E-state index contributed by atoms with van der Waals surface area (Å²) in [5.74, 6) is -7.07. The van der Waals surface area contributed by atoms with Crippen molar-refractivity contribution in [2.75, 3.05) is 6.54 Å². The molecular weight excluding hydrogens is 310 g/mol. The van der Waals surface area contributed by atoms with Gasteiger partial charge in [-0.1, -0.05) is 6.08 Å². The molecule has 0 N–H and O–H groups in total. The van der Waals surface area contributed by atoms with Gasteiger partial charge in [-0.3, -0.25) is 4.79 Å². The molecule has 126 valence electrons. The van der Waals surface area contributed by atoms with Gasteiger partial charge in [-0.05, 0) is 26.7 Å². The third-order valence-electron chi connectivity index (χ3n) is 4.55. The molecule has 3 unspecified atom stereocenters. The van der Waals surface area contributed by atoms with Crippen molar-refractivity contribution in [3.05, 3.63) is 47.6 Å². The molecule has 3 atom stereocenters. The minimum Gasteiger partial charge on any atom is -0.339 e. The molecule has 1 fully saturated rings. The maximum atomic E-state index is 14.1. The molecule has 1 aliphatic heterocycles. The van der Waals surface area contributed by atoms with Crippen molar-refractivity contribution in [2.24, 2.45) is 5.92 Å². The zero-order valence-corrected chi connectivity index (χ0v) is 13.1. The largest absolute Gasteiger partial charge is 0.339 e. The van der Waals surface area contributed by atoms with E-state index in [-0.39, 0.29) is 18.4 Å². The highest BCUT2D eigenvalue weighted by Crippen LogP contribution is 2.40. The number of carbonyl (C=O) groups is 1. The molecule has 23 heavy (non-hydrogen) atoms. The summed E-state index contributed by atoms with van der Waals surface area (Å²) in [6.07, 6.45) is 2.03. The second-order valence-corrected chi connectivity index (χ2v) is 5.81. The highest BCUT2D eigenvalue weighted by molar-refractivity contribution is 5.80. The van der Waals surface area contributed by atoms with Crippen molar-refractivity contribution in [3.63, 3.8) is 0 Å². The standard InChI is InChI=1S/C17H19F4NO/c1-4-6-10-7-11(9(3)22(5-2)17(10)23)14-15(20)12(18)8-13(19)16(14)21/h4,8-11H,1,5-7H2,2-3H3. The van der Waals surface area contributed by atoms with Gasteiger partial charge in [-0.2, -0.15) is 0 Å². The van der Waals surface area contributed by atoms with Gasteiger partial charge in [-0.25, -0.2) is 17.6 Å². The summed E-state index contributed by atoms with van der Waals surface area (Å²) in [4.78, 5) is 13.9. The molecule has 0 radical (unpaired) electrons. The van der Waals surface area contributed by atoms with Gasteiger partial charge in [0, 0.05) is 36.1 Å². The van der Waals surface area contributed by atoms with Crippen LogP contribution in [0, 0.1) is 29.2 Å². The second-order valence-electron chi connectivity index (χ2n) is 5.81. The van der Waals surface area contributed by atoms with E-state index in [2.05, 4.69) is 6.58 Å². The summed E-state index contributed by atoms with van der Waals surface area (Å²) in [5, 5.41) is 0. The first-order valence-electron chi connectivity index (χ1n) is 7.57. The van der Waals surface area contributed by atoms with Crippen LogP contribution in [0.1, 0.15) is 38.2 Å². The van der Waals surface area contributed by atoms with Crippen molar-refractivity contribution in [1.82, 2.24) is 4.90 Å². The Balaban J connectivity index is 2.53. The molecule has 1 amide bonds. The number of nitrogens with zero attached hydrogens (tertiary/aromatic N) is 1. The first-order valence-corrected chi connectivity index (χ1v) is 7.57. The SMILES string of the molecule is C=CCC1CC(c2c(F)c(F)cc(F)c2F)C(C)N(CC)C1=O. The molecule has 0 aromatic heterocycles. The lowest BCUT2D eigenvalue weighted by atomic mass is 9.77. The molecule has 1 aromatic carbocycles.